The quantitative estimate of drug-likeness (QED) is 0.383. The Hall–Kier alpha value is -2.67. The van der Waals surface area contributed by atoms with Crippen molar-refractivity contribution in [3.05, 3.63) is 29.3 Å². The van der Waals surface area contributed by atoms with Crippen LogP contribution in [0, 0.1) is 16.7 Å². The van der Waals surface area contributed by atoms with Gasteiger partial charge < -0.3 is 9.64 Å². The monoisotopic (exact) mass is 440 g/mol. The van der Waals surface area contributed by atoms with E-state index in [9.17, 15) is 18.0 Å². The third kappa shape index (κ3) is 4.73. The second-order valence-corrected chi connectivity index (χ2v) is 7.77. The van der Waals surface area contributed by atoms with E-state index in [4.69, 9.17) is 22.9 Å². The van der Waals surface area contributed by atoms with E-state index in [0.717, 1.165) is 18.6 Å². The Labute approximate surface area is 178 Å². The fourth-order valence-corrected chi connectivity index (χ4v) is 3.81. The van der Waals surface area contributed by atoms with Gasteiger partial charge in [0.1, 0.15) is 5.84 Å². The number of hydrogen-bond donors (Lipinski definition) is 1. The molecular formula is C20H23F3N4O2S. The summed E-state index contributed by atoms with van der Waals surface area (Å²) in [5.41, 5.74) is -2.26. The van der Waals surface area contributed by atoms with Crippen LogP contribution in [0.4, 0.5) is 18.9 Å². The van der Waals surface area contributed by atoms with Gasteiger partial charge in [-0.25, -0.2) is 0 Å². The number of amidine groups is 1. The molecule has 0 atom stereocenters. The molecule has 1 N–H and O–H groups in total. The van der Waals surface area contributed by atoms with Crippen molar-refractivity contribution >= 4 is 34.8 Å². The normalized spacial score (nSPS) is 16.0. The van der Waals surface area contributed by atoms with Crippen LogP contribution in [0.25, 0.3) is 0 Å². The van der Waals surface area contributed by atoms with Crippen molar-refractivity contribution in [3.63, 3.8) is 0 Å². The summed E-state index contributed by atoms with van der Waals surface area (Å²) in [6, 6.07) is 4.87. The van der Waals surface area contributed by atoms with Gasteiger partial charge in [0, 0.05) is 13.0 Å². The second-order valence-electron chi connectivity index (χ2n) is 7.40. The Balaban J connectivity index is 2.21. The van der Waals surface area contributed by atoms with Crippen molar-refractivity contribution in [2.45, 2.75) is 51.2 Å². The number of nitriles is 1. The maximum absolute atomic E-state index is 13.3. The van der Waals surface area contributed by atoms with E-state index in [1.807, 2.05) is 0 Å². The Kier molecular flexibility index (Phi) is 7.08. The number of thiocarbonyl (C=S) groups is 1. The van der Waals surface area contributed by atoms with E-state index < -0.39 is 22.8 Å². The molecule has 0 amide bonds. The van der Waals surface area contributed by atoms with Gasteiger partial charge in [-0.15, -0.1) is 0 Å². The zero-order valence-electron chi connectivity index (χ0n) is 17.0. The number of alkyl halides is 3. The summed E-state index contributed by atoms with van der Waals surface area (Å²) in [4.78, 5) is 14.3. The standard InChI is InChI=1S/C20H23F3N4O2S/c1-19(2)17(25)27(14-9-8-13(12-24)15(11-14)20(21,22)23)18(30)26(19)10-6-4-5-7-16(28)29-3/h8-9,11,25H,4-7,10H2,1-3H3. The molecule has 10 heteroatoms. The highest BCUT2D eigenvalue weighted by molar-refractivity contribution is 7.80. The average Bonchev–Trinajstić information content (AvgIpc) is 2.85. The summed E-state index contributed by atoms with van der Waals surface area (Å²) in [5, 5.41) is 17.7. The molecule has 1 aromatic rings. The minimum absolute atomic E-state index is 0.0555. The fourth-order valence-electron chi connectivity index (χ4n) is 3.29. The first-order valence-corrected chi connectivity index (χ1v) is 9.75. The topological polar surface area (TPSA) is 80.4 Å². The molecule has 2 rings (SSSR count). The number of ether oxygens (including phenoxy) is 1. The first-order chi connectivity index (χ1) is 13.9. The number of hydrogen-bond acceptors (Lipinski definition) is 5. The minimum Gasteiger partial charge on any atom is -0.469 e. The van der Waals surface area contributed by atoms with Crippen LogP contribution >= 0.6 is 12.2 Å². The molecule has 0 aromatic heterocycles. The van der Waals surface area contributed by atoms with Crippen LogP contribution in [0.2, 0.25) is 0 Å². The lowest BCUT2D eigenvalue weighted by atomic mass is 10.0. The highest BCUT2D eigenvalue weighted by atomic mass is 32.1. The van der Waals surface area contributed by atoms with E-state index >= 15 is 0 Å². The van der Waals surface area contributed by atoms with Gasteiger partial charge in [0.15, 0.2) is 5.11 Å². The summed E-state index contributed by atoms with van der Waals surface area (Å²) in [6.45, 7) is 4.06. The third-order valence-corrected chi connectivity index (χ3v) is 5.48. The molecule has 0 unspecified atom stereocenters. The second kappa shape index (κ2) is 9.00. The zero-order chi connectivity index (χ0) is 22.7. The van der Waals surface area contributed by atoms with Crippen LogP contribution in [0.15, 0.2) is 18.2 Å². The van der Waals surface area contributed by atoms with Crippen molar-refractivity contribution in [2.24, 2.45) is 0 Å². The molecule has 6 nitrogen and oxygen atoms in total. The Morgan fingerprint density at radius 2 is 1.97 bits per heavy atom. The summed E-state index contributed by atoms with van der Waals surface area (Å²) in [5.74, 6) is -0.221. The van der Waals surface area contributed by atoms with Gasteiger partial charge >= 0.3 is 12.1 Å². The molecule has 162 valence electrons. The number of nitrogens with zero attached hydrogens (tertiary/aromatic N) is 3. The number of methoxy groups -OCH3 is 1. The van der Waals surface area contributed by atoms with Crippen LogP contribution in [0.5, 0.6) is 0 Å². The molecule has 1 aromatic carbocycles. The smallest absolute Gasteiger partial charge is 0.417 e. The summed E-state index contributed by atoms with van der Waals surface area (Å²) in [7, 11) is 1.33. The van der Waals surface area contributed by atoms with Crippen LogP contribution in [0.1, 0.15) is 50.7 Å². The maximum atomic E-state index is 13.3. The summed E-state index contributed by atoms with van der Waals surface area (Å²) >= 11 is 5.50. The zero-order valence-corrected chi connectivity index (χ0v) is 17.8. The number of unbranched alkanes of at least 4 members (excludes halogenated alkanes) is 2. The molecule has 0 aliphatic carbocycles. The predicted octanol–water partition coefficient (Wildman–Crippen LogP) is 4.47. The van der Waals surface area contributed by atoms with Crippen molar-refractivity contribution in [2.75, 3.05) is 18.6 Å². The van der Waals surface area contributed by atoms with Crippen molar-refractivity contribution in [3.8, 4) is 6.07 Å². The number of rotatable bonds is 7. The van der Waals surface area contributed by atoms with Crippen molar-refractivity contribution in [1.29, 1.82) is 10.7 Å². The molecular weight excluding hydrogens is 417 g/mol. The Morgan fingerprint density at radius 1 is 1.30 bits per heavy atom. The first kappa shape index (κ1) is 23.6. The van der Waals surface area contributed by atoms with Crippen molar-refractivity contribution < 1.29 is 22.7 Å². The minimum atomic E-state index is -4.69. The van der Waals surface area contributed by atoms with Gasteiger partial charge in [-0.2, -0.15) is 18.4 Å². The fraction of sp³-hybridized carbons (Fsp3) is 0.500. The molecule has 0 spiro atoms. The molecule has 1 fully saturated rings. The van der Waals surface area contributed by atoms with Gasteiger partial charge in [0.25, 0.3) is 0 Å². The number of halogens is 3. The van der Waals surface area contributed by atoms with Gasteiger partial charge in [-0.05, 0) is 57.1 Å². The molecule has 1 saturated heterocycles. The number of benzene rings is 1. The van der Waals surface area contributed by atoms with E-state index in [1.54, 1.807) is 24.8 Å². The molecule has 30 heavy (non-hydrogen) atoms. The lowest BCUT2D eigenvalue weighted by molar-refractivity contribution is -0.140. The molecule has 1 heterocycles. The van der Waals surface area contributed by atoms with Gasteiger partial charge in [0.2, 0.25) is 0 Å². The van der Waals surface area contributed by atoms with Gasteiger partial charge in [-0.3, -0.25) is 15.1 Å². The van der Waals surface area contributed by atoms with E-state index in [2.05, 4.69) is 4.74 Å². The molecule has 0 bridgehead atoms. The van der Waals surface area contributed by atoms with E-state index in [0.29, 0.717) is 25.8 Å². The Morgan fingerprint density at radius 3 is 2.53 bits per heavy atom. The lowest BCUT2D eigenvalue weighted by Gasteiger charge is -2.30. The summed E-state index contributed by atoms with van der Waals surface area (Å²) in [6.07, 6.45) is -2.29. The highest BCUT2D eigenvalue weighted by Gasteiger charge is 2.46. The van der Waals surface area contributed by atoms with Crippen LogP contribution in [-0.4, -0.2) is 41.0 Å². The first-order valence-electron chi connectivity index (χ1n) is 9.34. The number of anilines is 1. The molecule has 0 saturated carbocycles. The number of esters is 1. The largest absolute Gasteiger partial charge is 0.469 e. The van der Waals surface area contributed by atoms with Gasteiger partial charge in [-0.1, -0.05) is 6.42 Å². The number of carbonyl (C=O) groups excluding carboxylic acids is 1. The summed E-state index contributed by atoms with van der Waals surface area (Å²) < 4.78 is 44.6. The van der Waals surface area contributed by atoms with Crippen LogP contribution < -0.4 is 4.90 Å². The van der Waals surface area contributed by atoms with Crippen LogP contribution in [-0.2, 0) is 15.7 Å². The van der Waals surface area contributed by atoms with E-state index in [-0.39, 0.29) is 22.6 Å². The van der Waals surface area contributed by atoms with E-state index in [1.165, 1.54) is 18.1 Å². The lowest BCUT2D eigenvalue weighted by Crippen LogP contribution is -2.44. The third-order valence-electron chi connectivity index (χ3n) is 5.08. The van der Waals surface area contributed by atoms with Crippen LogP contribution in [0.3, 0.4) is 0 Å². The average molecular weight is 440 g/mol. The highest BCUT2D eigenvalue weighted by Crippen LogP contribution is 2.38. The predicted molar refractivity (Wildman–Crippen MR) is 110 cm³/mol. The maximum Gasteiger partial charge on any atom is 0.417 e. The SMILES string of the molecule is COC(=O)CCCCCN1C(=S)N(c2ccc(C#N)c(C(F)(F)F)c2)C(=N)C1(C)C. The molecule has 1 aliphatic heterocycles. The Bertz CT molecular complexity index is 893. The number of carbonyl (C=O) groups is 1. The number of nitrogens with one attached hydrogen (secondary N) is 1. The molecule has 0 radical (unpaired) electrons. The van der Waals surface area contributed by atoms with Gasteiger partial charge in [0.05, 0.1) is 35.5 Å². The van der Waals surface area contributed by atoms with Crippen molar-refractivity contribution in [1.82, 2.24) is 4.90 Å². The molecule has 1 aliphatic rings.